The van der Waals surface area contributed by atoms with Gasteiger partial charge in [-0.25, -0.2) is 4.39 Å². The lowest BCUT2D eigenvalue weighted by Crippen LogP contribution is -2.46. The zero-order valence-corrected chi connectivity index (χ0v) is 11.1. The quantitative estimate of drug-likeness (QED) is 0.906. The van der Waals surface area contributed by atoms with Crippen LogP contribution in [0.2, 0.25) is 5.02 Å². The molecule has 0 bridgehead atoms. The highest BCUT2D eigenvalue weighted by Gasteiger charge is 2.28. The number of halogens is 2. The van der Waals surface area contributed by atoms with E-state index in [4.69, 9.17) is 11.6 Å². The van der Waals surface area contributed by atoms with Gasteiger partial charge in [0.15, 0.2) is 0 Å². The van der Waals surface area contributed by atoms with E-state index in [1.54, 1.807) is 12.1 Å². The third-order valence-corrected chi connectivity index (χ3v) is 3.96. The molecule has 1 atom stereocenters. The van der Waals surface area contributed by atoms with Crippen LogP contribution < -0.4 is 10.2 Å². The predicted molar refractivity (Wildman–Crippen MR) is 72.8 cm³/mol. The van der Waals surface area contributed by atoms with Gasteiger partial charge in [-0.1, -0.05) is 11.6 Å². The Hall–Kier alpha value is -0.800. The molecule has 4 heteroatoms. The molecule has 1 unspecified atom stereocenters. The van der Waals surface area contributed by atoms with Gasteiger partial charge < -0.3 is 10.2 Å². The molecule has 1 saturated heterocycles. The molecule has 2 fully saturated rings. The van der Waals surface area contributed by atoms with E-state index in [9.17, 15) is 4.39 Å². The Morgan fingerprint density at radius 2 is 2.06 bits per heavy atom. The minimum Gasteiger partial charge on any atom is -0.368 e. The van der Waals surface area contributed by atoms with E-state index in [1.807, 2.05) is 0 Å². The largest absolute Gasteiger partial charge is 0.368 e. The van der Waals surface area contributed by atoms with Gasteiger partial charge in [0.1, 0.15) is 5.82 Å². The number of hydrogen-bond acceptors (Lipinski definition) is 2. The van der Waals surface area contributed by atoms with E-state index in [1.165, 1.54) is 25.3 Å². The fraction of sp³-hybridized carbons (Fsp3) is 0.571. The van der Waals surface area contributed by atoms with E-state index in [-0.39, 0.29) is 5.82 Å². The highest BCUT2D eigenvalue weighted by molar-refractivity contribution is 6.30. The number of hydrogen-bond donors (Lipinski definition) is 1. The standard InChI is InChI=1S/C14H18ClFN2/c15-10-3-6-14(13(16)8-10)18-7-1-2-12(9-18)17-11-4-5-11/h3,6,8,11-12,17H,1-2,4-5,7,9H2. The van der Waals surface area contributed by atoms with Crippen molar-refractivity contribution in [1.29, 1.82) is 0 Å². The van der Waals surface area contributed by atoms with E-state index >= 15 is 0 Å². The average molecular weight is 269 g/mol. The Kier molecular flexibility index (Phi) is 3.44. The lowest BCUT2D eigenvalue weighted by molar-refractivity contribution is 0.417. The van der Waals surface area contributed by atoms with Gasteiger partial charge in [0.25, 0.3) is 0 Å². The Morgan fingerprint density at radius 3 is 2.78 bits per heavy atom. The van der Waals surface area contributed by atoms with Crippen LogP contribution in [0.4, 0.5) is 10.1 Å². The third kappa shape index (κ3) is 2.78. The van der Waals surface area contributed by atoms with Gasteiger partial charge in [-0.05, 0) is 43.9 Å². The van der Waals surface area contributed by atoms with Crippen molar-refractivity contribution in [3.63, 3.8) is 0 Å². The van der Waals surface area contributed by atoms with E-state index in [2.05, 4.69) is 10.2 Å². The molecule has 0 aromatic heterocycles. The lowest BCUT2D eigenvalue weighted by atomic mass is 10.0. The van der Waals surface area contributed by atoms with Gasteiger partial charge in [-0.3, -0.25) is 0 Å². The van der Waals surface area contributed by atoms with Crippen LogP contribution in [-0.2, 0) is 0 Å². The maximum Gasteiger partial charge on any atom is 0.147 e. The molecule has 0 spiro atoms. The first-order valence-electron chi connectivity index (χ1n) is 6.68. The van der Waals surface area contributed by atoms with Crippen LogP contribution in [0.1, 0.15) is 25.7 Å². The summed E-state index contributed by atoms with van der Waals surface area (Å²) in [6.45, 7) is 1.83. The molecule has 1 aliphatic carbocycles. The number of piperidine rings is 1. The lowest BCUT2D eigenvalue weighted by Gasteiger charge is -2.35. The van der Waals surface area contributed by atoms with Crippen molar-refractivity contribution < 1.29 is 4.39 Å². The molecule has 98 valence electrons. The smallest absolute Gasteiger partial charge is 0.147 e. The van der Waals surface area contributed by atoms with Gasteiger partial charge >= 0.3 is 0 Å². The second-order valence-corrected chi connectivity index (χ2v) is 5.76. The van der Waals surface area contributed by atoms with Gasteiger partial charge in [0.2, 0.25) is 0 Å². The highest BCUT2D eigenvalue weighted by atomic mass is 35.5. The van der Waals surface area contributed by atoms with Crippen molar-refractivity contribution in [2.45, 2.75) is 37.8 Å². The van der Waals surface area contributed by atoms with Crippen LogP contribution >= 0.6 is 11.6 Å². The van der Waals surface area contributed by atoms with Gasteiger partial charge in [0, 0.05) is 30.2 Å². The summed E-state index contributed by atoms with van der Waals surface area (Å²) in [7, 11) is 0. The second kappa shape index (κ2) is 5.06. The molecule has 2 aliphatic rings. The average Bonchev–Trinajstić information content (AvgIpc) is 3.13. The highest BCUT2D eigenvalue weighted by Crippen LogP contribution is 2.27. The van der Waals surface area contributed by atoms with E-state index < -0.39 is 0 Å². The summed E-state index contributed by atoms with van der Waals surface area (Å²) >= 11 is 5.79. The van der Waals surface area contributed by atoms with Gasteiger partial charge in [0.05, 0.1) is 5.69 Å². The minimum atomic E-state index is -0.213. The molecule has 1 aromatic carbocycles. The van der Waals surface area contributed by atoms with Crippen LogP contribution in [0.15, 0.2) is 18.2 Å². The molecule has 1 aromatic rings. The topological polar surface area (TPSA) is 15.3 Å². The summed E-state index contributed by atoms with van der Waals surface area (Å²) < 4.78 is 13.9. The van der Waals surface area contributed by atoms with E-state index in [0.717, 1.165) is 19.5 Å². The molecule has 1 saturated carbocycles. The first-order chi connectivity index (χ1) is 8.72. The SMILES string of the molecule is Fc1cc(Cl)ccc1N1CCCC(NC2CC2)C1. The fourth-order valence-corrected chi connectivity index (χ4v) is 2.81. The Labute approximate surface area is 112 Å². The van der Waals surface area contributed by atoms with Crippen molar-refractivity contribution >= 4 is 17.3 Å². The number of rotatable bonds is 3. The first-order valence-corrected chi connectivity index (χ1v) is 7.06. The number of nitrogens with one attached hydrogen (secondary N) is 1. The predicted octanol–water partition coefficient (Wildman–Crippen LogP) is 3.20. The Morgan fingerprint density at radius 1 is 1.22 bits per heavy atom. The maximum absolute atomic E-state index is 13.9. The molecule has 3 rings (SSSR count). The zero-order chi connectivity index (χ0) is 12.5. The summed E-state index contributed by atoms with van der Waals surface area (Å²) in [5.41, 5.74) is 0.682. The number of nitrogens with zero attached hydrogens (tertiary/aromatic N) is 1. The second-order valence-electron chi connectivity index (χ2n) is 5.32. The molecule has 2 nitrogen and oxygen atoms in total. The third-order valence-electron chi connectivity index (χ3n) is 3.72. The van der Waals surface area contributed by atoms with Crippen molar-refractivity contribution in [3.8, 4) is 0 Å². The van der Waals surface area contributed by atoms with Gasteiger partial charge in [-0.2, -0.15) is 0 Å². The van der Waals surface area contributed by atoms with Crippen molar-refractivity contribution in [1.82, 2.24) is 5.32 Å². The fourth-order valence-electron chi connectivity index (χ4n) is 2.65. The molecule has 1 heterocycles. The van der Waals surface area contributed by atoms with Gasteiger partial charge in [-0.15, -0.1) is 0 Å². The van der Waals surface area contributed by atoms with Crippen molar-refractivity contribution in [3.05, 3.63) is 29.0 Å². The minimum absolute atomic E-state index is 0.213. The summed E-state index contributed by atoms with van der Waals surface area (Å²) in [4.78, 5) is 2.13. The molecular formula is C14H18ClFN2. The molecular weight excluding hydrogens is 251 g/mol. The molecule has 18 heavy (non-hydrogen) atoms. The van der Waals surface area contributed by atoms with E-state index in [0.29, 0.717) is 22.8 Å². The summed E-state index contributed by atoms with van der Waals surface area (Å²) in [6, 6.07) is 6.16. The Bertz CT molecular complexity index is 434. The normalized spacial score (nSPS) is 24.3. The summed E-state index contributed by atoms with van der Waals surface area (Å²) in [5.74, 6) is -0.213. The molecule has 1 N–H and O–H groups in total. The zero-order valence-electron chi connectivity index (χ0n) is 10.3. The van der Waals surface area contributed by atoms with Crippen molar-refractivity contribution in [2.75, 3.05) is 18.0 Å². The molecule has 0 amide bonds. The van der Waals surface area contributed by atoms with Crippen LogP contribution in [-0.4, -0.2) is 25.2 Å². The van der Waals surface area contributed by atoms with Crippen LogP contribution in [0, 0.1) is 5.82 Å². The maximum atomic E-state index is 13.9. The van der Waals surface area contributed by atoms with Crippen LogP contribution in [0.25, 0.3) is 0 Å². The number of anilines is 1. The molecule has 0 radical (unpaired) electrons. The number of benzene rings is 1. The Balaban J connectivity index is 1.70. The monoisotopic (exact) mass is 268 g/mol. The molecule has 1 aliphatic heterocycles. The first kappa shape index (κ1) is 12.2. The van der Waals surface area contributed by atoms with Crippen LogP contribution in [0.3, 0.4) is 0 Å². The summed E-state index contributed by atoms with van der Waals surface area (Å²) in [6.07, 6.45) is 4.91. The summed E-state index contributed by atoms with van der Waals surface area (Å²) in [5, 5.41) is 4.09. The van der Waals surface area contributed by atoms with Crippen molar-refractivity contribution in [2.24, 2.45) is 0 Å². The van der Waals surface area contributed by atoms with Crippen LogP contribution in [0.5, 0.6) is 0 Å².